The van der Waals surface area contributed by atoms with Crippen LogP contribution >= 0.6 is 10.0 Å². The van der Waals surface area contributed by atoms with E-state index in [-0.39, 0.29) is 0 Å². The summed E-state index contributed by atoms with van der Waals surface area (Å²) in [5, 5.41) is 4.45. The van der Waals surface area contributed by atoms with Crippen LogP contribution < -0.4 is 0 Å². The highest BCUT2D eigenvalue weighted by atomic mass is 32.3. The van der Waals surface area contributed by atoms with Crippen molar-refractivity contribution in [2.45, 2.75) is 9.79 Å². The Balaban J connectivity index is 1.29. The minimum Gasteiger partial charge on any atom is -0.455 e. The molecule has 1 aliphatic rings. The molecule has 44 heavy (non-hydrogen) atoms. The molecule has 0 saturated carbocycles. The second-order valence-corrected chi connectivity index (χ2v) is 15.3. The average molecular weight is 585 g/mol. The minimum absolute atomic E-state index is 0.712. The van der Waals surface area contributed by atoms with Gasteiger partial charge in [-0.3, -0.25) is 0 Å². The van der Waals surface area contributed by atoms with Crippen LogP contribution in [0.2, 0.25) is 0 Å². The highest BCUT2D eigenvalue weighted by Crippen LogP contribution is 2.67. The van der Waals surface area contributed by atoms with Gasteiger partial charge in [0.1, 0.15) is 11.2 Å². The van der Waals surface area contributed by atoms with Gasteiger partial charge in [-0.2, -0.15) is 10.0 Å². The zero-order valence-corrected chi connectivity index (χ0v) is 25.2. The van der Waals surface area contributed by atoms with E-state index in [0.717, 1.165) is 55.4 Å². The fourth-order valence-corrected chi connectivity index (χ4v) is 9.33. The van der Waals surface area contributed by atoms with Gasteiger partial charge in [0.05, 0.1) is 11.4 Å². The summed E-state index contributed by atoms with van der Waals surface area (Å²) in [4.78, 5) is 13.2. The van der Waals surface area contributed by atoms with Gasteiger partial charge in [-0.05, 0) is 59.4 Å². The number of benzene rings is 6. The van der Waals surface area contributed by atoms with Gasteiger partial charge in [0, 0.05) is 42.6 Å². The maximum atomic E-state index is 6.52. The molecular weight excluding hydrogens is 557 g/mol. The van der Waals surface area contributed by atoms with Gasteiger partial charge >= 0.3 is 0 Å². The Morgan fingerprint density at radius 3 is 2.18 bits per heavy atom. The normalized spacial score (nSPS) is 14.1. The third-order valence-electron chi connectivity index (χ3n) is 8.98. The smallest absolute Gasteiger partial charge is 0.160 e. The lowest BCUT2D eigenvalue weighted by Gasteiger charge is -2.28. The number of hydrogen-bond donors (Lipinski definition) is 0. The highest BCUT2D eigenvalue weighted by Gasteiger charge is 2.31. The van der Waals surface area contributed by atoms with E-state index in [4.69, 9.17) is 14.4 Å². The van der Waals surface area contributed by atoms with Crippen LogP contribution in [-0.4, -0.2) is 22.5 Å². The molecule has 0 N–H and O–H groups in total. The van der Waals surface area contributed by atoms with Gasteiger partial charge in [0.2, 0.25) is 0 Å². The van der Waals surface area contributed by atoms with E-state index in [2.05, 4.69) is 128 Å². The molecule has 0 saturated heterocycles. The molecule has 0 aliphatic carbocycles. The summed E-state index contributed by atoms with van der Waals surface area (Å²) in [6.07, 6.45) is 4.80. The van der Waals surface area contributed by atoms with E-state index in [1.54, 1.807) is 0 Å². The molecule has 6 aromatic carbocycles. The first-order chi connectivity index (χ1) is 21.6. The van der Waals surface area contributed by atoms with Gasteiger partial charge in [0.25, 0.3) is 0 Å². The van der Waals surface area contributed by atoms with E-state index in [1.807, 2.05) is 18.2 Å². The average Bonchev–Trinajstić information content (AvgIpc) is 3.58. The number of rotatable bonds is 3. The van der Waals surface area contributed by atoms with Crippen molar-refractivity contribution in [1.29, 1.82) is 0 Å². The number of hydrogen-bond acceptors (Lipinski definition) is 3. The van der Waals surface area contributed by atoms with Crippen LogP contribution in [0.3, 0.4) is 0 Å². The molecule has 0 atom stereocenters. The Labute approximate surface area is 257 Å². The molecule has 4 heteroatoms. The highest BCUT2D eigenvalue weighted by molar-refractivity contribution is 8.33. The van der Waals surface area contributed by atoms with Crippen LogP contribution in [0.25, 0.3) is 77.7 Å². The molecule has 8 aromatic rings. The Morgan fingerprint density at radius 2 is 1.27 bits per heavy atom. The lowest BCUT2D eigenvalue weighted by atomic mass is 9.99. The molecule has 0 bridgehead atoms. The van der Waals surface area contributed by atoms with E-state index < -0.39 is 10.0 Å². The molecule has 0 amide bonds. The first-order valence-electron chi connectivity index (χ1n) is 14.8. The summed E-state index contributed by atoms with van der Waals surface area (Å²) < 4.78 is 6.52. The van der Waals surface area contributed by atoms with Gasteiger partial charge < -0.3 is 4.42 Å². The molecule has 1 aliphatic heterocycles. The third kappa shape index (κ3) is 3.71. The SMILES string of the molecule is CS1(C)c2ccccc2-c2ccc(-c3cc(-c4cccc5oc6c7ccccc7ccc6c45)nc(-c4ccccc4)n3)cc21. The number of furan rings is 1. The van der Waals surface area contributed by atoms with E-state index in [1.165, 1.54) is 26.3 Å². The van der Waals surface area contributed by atoms with E-state index in [0.29, 0.717) is 5.82 Å². The molecule has 0 fully saturated rings. The summed E-state index contributed by atoms with van der Waals surface area (Å²) in [7, 11) is -1.14. The lowest BCUT2D eigenvalue weighted by Crippen LogP contribution is -1.97. The second-order valence-electron chi connectivity index (χ2n) is 11.8. The van der Waals surface area contributed by atoms with Crippen molar-refractivity contribution in [3.63, 3.8) is 0 Å². The molecular formula is C40H28N2OS. The maximum Gasteiger partial charge on any atom is 0.160 e. The van der Waals surface area contributed by atoms with Gasteiger partial charge in [0.15, 0.2) is 5.82 Å². The number of fused-ring (bicyclic) bond motifs is 8. The van der Waals surface area contributed by atoms with Crippen molar-refractivity contribution < 1.29 is 4.42 Å². The molecule has 210 valence electrons. The van der Waals surface area contributed by atoms with Crippen LogP contribution in [0.5, 0.6) is 0 Å². The zero-order chi connectivity index (χ0) is 29.4. The molecule has 0 radical (unpaired) electrons. The number of aromatic nitrogens is 2. The molecule has 3 nitrogen and oxygen atoms in total. The quantitative estimate of drug-likeness (QED) is 0.207. The molecule has 3 heterocycles. The fourth-order valence-electron chi connectivity index (χ4n) is 6.80. The van der Waals surface area contributed by atoms with Gasteiger partial charge in [-0.25, -0.2) is 9.97 Å². The van der Waals surface area contributed by atoms with Crippen molar-refractivity contribution in [3.8, 4) is 45.0 Å². The Kier molecular flexibility index (Phi) is 5.41. The van der Waals surface area contributed by atoms with Crippen molar-refractivity contribution in [2.75, 3.05) is 12.5 Å². The van der Waals surface area contributed by atoms with Crippen LogP contribution in [-0.2, 0) is 0 Å². The molecule has 9 rings (SSSR count). The predicted octanol–water partition coefficient (Wildman–Crippen LogP) is 11.0. The van der Waals surface area contributed by atoms with Crippen LogP contribution in [0, 0.1) is 0 Å². The maximum absolute atomic E-state index is 6.52. The van der Waals surface area contributed by atoms with E-state index >= 15 is 0 Å². The zero-order valence-electron chi connectivity index (χ0n) is 24.4. The lowest BCUT2D eigenvalue weighted by molar-refractivity contribution is 0.673. The minimum atomic E-state index is -1.14. The monoisotopic (exact) mass is 584 g/mol. The number of nitrogens with zero attached hydrogens (tertiary/aromatic N) is 2. The summed E-state index contributed by atoms with van der Waals surface area (Å²) in [6, 6.07) is 47.1. The third-order valence-corrected chi connectivity index (χ3v) is 11.9. The summed E-state index contributed by atoms with van der Waals surface area (Å²) in [6.45, 7) is 0. The van der Waals surface area contributed by atoms with Crippen LogP contribution in [0.4, 0.5) is 0 Å². The van der Waals surface area contributed by atoms with Gasteiger partial charge in [-0.1, -0.05) is 103 Å². The Hall–Kier alpha value is -5.19. The standard InChI is InChI=1S/C40H28N2OS/c1-44(2)36-18-9-8-15-29(36)30-21-20-27(23-37(30)44)33-24-34(42-40(41-33)26-12-4-3-5-13-26)31-16-10-17-35-38(31)32-22-19-25-11-6-7-14-28(25)39(32)43-35/h3-24H,1-2H3. The van der Waals surface area contributed by atoms with Crippen molar-refractivity contribution in [1.82, 2.24) is 9.97 Å². The van der Waals surface area contributed by atoms with Crippen molar-refractivity contribution in [2.24, 2.45) is 0 Å². The topological polar surface area (TPSA) is 38.9 Å². The Morgan fingerprint density at radius 1 is 0.523 bits per heavy atom. The fraction of sp³-hybridized carbons (Fsp3) is 0.0500. The summed E-state index contributed by atoms with van der Waals surface area (Å²) >= 11 is 0. The van der Waals surface area contributed by atoms with E-state index in [9.17, 15) is 0 Å². The van der Waals surface area contributed by atoms with Crippen LogP contribution in [0.15, 0.2) is 148 Å². The first-order valence-corrected chi connectivity index (χ1v) is 17.3. The van der Waals surface area contributed by atoms with Crippen molar-refractivity contribution >= 4 is 42.7 Å². The van der Waals surface area contributed by atoms with Gasteiger partial charge in [-0.15, -0.1) is 0 Å². The summed E-state index contributed by atoms with van der Waals surface area (Å²) in [5.74, 6) is 0.712. The first kappa shape index (κ1) is 25.3. The largest absolute Gasteiger partial charge is 0.455 e. The Bertz CT molecular complexity index is 2420. The van der Waals surface area contributed by atoms with Crippen LogP contribution in [0.1, 0.15) is 0 Å². The second kappa shape index (κ2) is 9.40. The molecule has 0 spiro atoms. The predicted molar refractivity (Wildman–Crippen MR) is 185 cm³/mol. The summed E-state index contributed by atoms with van der Waals surface area (Å²) in [5.41, 5.74) is 9.39. The molecule has 2 aromatic heterocycles. The van der Waals surface area contributed by atoms with Crippen molar-refractivity contribution in [3.05, 3.63) is 133 Å². The molecule has 0 unspecified atom stereocenters.